The summed E-state index contributed by atoms with van der Waals surface area (Å²) in [5.41, 5.74) is 0.0629. The van der Waals surface area contributed by atoms with Gasteiger partial charge in [-0.05, 0) is 37.6 Å². The van der Waals surface area contributed by atoms with E-state index in [0.29, 0.717) is 11.6 Å². The molecular formula is C22H35F3IN5O. The highest BCUT2D eigenvalue weighted by molar-refractivity contribution is 14.0. The van der Waals surface area contributed by atoms with E-state index in [1.54, 1.807) is 13.1 Å². The molecule has 2 heterocycles. The van der Waals surface area contributed by atoms with Crippen molar-refractivity contribution in [2.45, 2.75) is 19.0 Å². The smallest absolute Gasteiger partial charge is 0.381 e. The molecule has 0 spiro atoms. The topological polar surface area (TPSA) is 43.3 Å². The first-order chi connectivity index (χ1) is 14.9. The van der Waals surface area contributed by atoms with E-state index < -0.39 is 11.7 Å². The maximum Gasteiger partial charge on any atom is 0.416 e. The van der Waals surface area contributed by atoms with E-state index >= 15 is 0 Å². The number of nitrogens with zero attached hydrogens (tertiary/aromatic N) is 4. The van der Waals surface area contributed by atoms with Gasteiger partial charge in [-0.2, -0.15) is 13.2 Å². The number of halogens is 4. The Kier molecular flexibility index (Phi) is 10.8. The lowest BCUT2D eigenvalue weighted by Crippen LogP contribution is -2.47. The zero-order valence-electron chi connectivity index (χ0n) is 18.9. The average Bonchev–Trinajstić information content (AvgIpc) is 3.26. The normalized spacial score (nSPS) is 20.2. The van der Waals surface area contributed by atoms with Gasteiger partial charge in [-0.25, -0.2) is 0 Å². The van der Waals surface area contributed by atoms with E-state index in [9.17, 15) is 13.2 Å². The highest BCUT2D eigenvalue weighted by Gasteiger charge is 2.31. The van der Waals surface area contributed by atoms with Gasteiger partial charge in [0.1, 0.15) is 0 Å². The first kappa shape index (κ1) is 27.0. The van der Waals surface area contributed by atoms with Crippen molar-refractivity contribution in [2.75, 3.05) is 78.0 Å². The second-order valence-corrected chi connectivity index (χ2v) is 8.31. The van der Waals surface area contributed by atoms with E-state index in [2.05, 4.69) is 27.2 Å². The number of rotatable bonds is 7. The van der Waals surface area contributed by atoms with Gasteiger partial charge in [-0.3, -0.25) is 9.89 Å². The standard InChI is InChI=1S/C22H34F3N5O.HI/c1-26-21(28(2)16-18-7-14-31-17-18)27-8-4-9-29-10-12-30(13-11-29)20-6-3-5-19(15-20)22(23,24)25;/h3,5-6,15,18H,4,7-14,16-17H2,1-2H3,(H,26,27);1H. The van der Waals surface area contributed by atoms with Gasteiger partial charge < -0.3 is 19.9 Å². The van der Waals surface area contributed by atoms with Crippen molar-refractivity contribution in [3.63, 3.8) is 0 Å². The molecule has 10 heteroatoms. The van der Waals surface area contributed by atoms with E-state index in [-0.39, 0.29) is 24.0 Å². The Bertz CT molecular complexity index is 720. The Hall–Kier alpha value is -1.27. The molecule has 1 atom stereocenters. The Morgan fingerprint density at radius 1 is 1.25 bits per heavy atom. The zero-order chi connectivity index (χ0) is 22.3. The summed E-state index contributed by atoms with van der Waals surface area (Å²) in [7, 11) is 3.86. The number of ether oxygens (including phenoxy) is 1. The lowest BCUT2D eigenvalue weighted by Gasteiger charge is -2.36. The largest absolute Gasteiger partial charge is 0.416 e. The third-order valence-electron chi connectivity index (χ3n) is 5.97. The number of hydrogen-bond donors (Lipinski definition) is 1. The first-order valence-corrected chi connectivity index (χ1v) is 11.0. The van der Waals surface area contributed by atoms with Gasteiger partial charge in [-0.1, -0.05) is 6.07 Å². The molecule has 0 radical (unpaired) electrons. The van der Waals surface area contributed by atoms with Crippen molar-refractivity contribution in [3.05, 3.63) is 29.8 Å². The fourth-order valence-electron chi connectivity index (χ4n) is 4.20. The molecule has 2 fully saturated rings. The summed E-state index contributed by atoms with van der Waals surface area (Å²) in [5.74, 6) is 1.47. The van der Waals surface area contributed by atoms with Crippen molar-refractivity contribution in [1.29, 1.82) is 0 Å². The molecule has 2 aliphatic rings. The minimum Gasteiger partial charge on any atom is -0.381 e. The number of anilines is 1. The number of alkyl halides is 3. The minimum atomic E-state index is -4.30. The molecule has 0 amide bonds. The van der Waals surface area contributed by atoms with Gasteiger partial charge in [0, 0.05) is 71.6 Å². The number of hydrogen-bond acceptors (Lipinski definition) is 4. The van der Waals surface area contributed by atoms with Crippen LogP contribution in [0.15, 0.2) is 29.3 Å². The van der Waals surface area contributed by atoms with Gasteiger partial charge >= 0.3 is 6.18 Å². The fourth-order valence-corrected chi connectivity index (χ4v) is 4.20. The highest BCUT2D eigenvalue weighted by atomic mass is 127. The SMILES string of the molecule is CN=C(NCCCN1CCN(c2cccc(C(F)(F)F)c2)CC1)N(C)CC1CCOC1.I. The minimum absolute atomic E-state index is 0. The van der Waals surface area contributed by atoms with E-state index in [4.69, 9.17) is 4.74 Å². The molecule has 182 valence electrons. The Balaban J connectivity index is 0.00000363. The van der Waals surface area contributed by atoms with Crippen molar-refractivity contribution in [3.8, 4) is 0 Å². The first-order valence-electron chi connectivity index (χ1n) is 11.0. The summed E-state index contributed by atoms with van der Waals surface area (Å²) in [4.78, 5) is 10.9. The summed E-state index contributed by atoms with van der Waals surface area (Å²) in [5, 5.41) is 3.43. The maximum absolute atomic E-state index is 13.0. The molecule has 2 aliphatic heterocycles. The van der Waals surface area contributed by atoms with Crippen LogP contribution in [0.3, 0.4) is 0 Å². The number of nitrogens with one attached hydrogen (secondary N) is 1. The van der Waals surface area contributed by atoms with Gasteiger partial charge in [-0.15, -0.1) is 24.0 Å². The molecule has 1 aromatic rings. The van der Waals surface area contributed by atoms with Crippen molar-refractivity contribution in [2.24, 2.45) is 10.9 Å². The Morgan fingerprint density at radius 3 is 2.62 bits per heavy atom. The lowest BCUT2D eigenvalue weighted by molar-refractivity contribution is -0.137. The molecule has 1 aromatic carbocycles. The maximum atomic E-state index is 13.0. The molecular weight excluding hydrogens is 534 g/mol. The van der Waals surface area contributed by atoms with Crippen LogP contribution in [0.25, 0.3) is 0 Å². The van der Waals surface area contributed by atoms with Crippen molar-refractivity contribution >= 4 is 35.6 Å². The van der Waals surface area contributed by atoms with Crippen LogP contribution in [0.2, 0.25) is 0 Å². The number of piperazine rings is 1. The summed E-state index contributed by atoms with van der Waals surface area (Å²) in [6, 6.07) is 5.62. The molecule has 0 bridgehead atoms. The fraction of sp³-hybridized carbons (Fsp3) is 0.682. The van der Waals surface area contributed by atoms with E-state index in [0.717, 1.165) is 83.9 Å². The van der Waals surface area contributed by atoms with Gasteiger partial charge in [0.15, 0.2) is 5.96 Å². The summed E-state index contributed by atoms with van der Waals surface area (Å²) < 4.78 is 44.3. The van der Waals surface area contributed by atoms with Crippen LogP contribution >= 0.6 is 24.0 Å². The number of aliphatic imine (C=N–C) groups is 1. The van der Waals surface area contributed by atoms with Crippen LogP contribution in [-0.2, 0) is 10.9 Å². The van der Waals surface area contributed by atoms with E-state index in [1.165, 1.54) is 12.1 Å². The zero-order valence-corrected chi connectivity index (χ0v) is 21.2. The van der Waals surface area contributed by atoms with Crippen LogP contribution < -0.4 is 10.2 Å². The van der Waals surface area contributed by atoms with Crippen LogP contribution in [-0.4, -0.2) is 88.9 Å². The highest BCUT2D eigenvalue weighted by Crippen LogP contribution is 2.31. The van der Waals surface area contributed by atoms with Crippen LogP contribution in [0, 0.1) is 5.92 Å². The number of guanidine groups is 1. The van der Waals surface area contributed by atoms with Crippen molar-refractivity contribution in [1.82, 2.24) is 15.1 Å². The quantitative estimate of drug-likeness (QED) is 0.236. The Morgan fingerprint density at radius 2 is 2.00 bits per heavy atom. The van der Waals surface area contributed by atoms with Crippen LogP contribution in [0.1, 0.15) is 18.4 Å². The molecule has 2 saturated heterocycles. The molecule has 1 N–H and O–H groups in total. The third kappa shape index (κ3) is 7.95. The molecule has 32 heavy (non-hydrogen) atoms. The molecule has 3 rings (SSSR count). The monoisotopic (exact) mass is 569 g/mol. The van der Waals surface area contributed by atoms with Crippen LogP contribution in [0.5, 0.6) is 0 Å². The molecule has 0 aliphatic carbocycles. The van der Waals surface area contributed by atoms with Gasteiger partial charge in [0.05, 0.1) is 12.2 Å². The molecule has 6 nitrogen and oxygen atoms in total. The second kappa shape index (κ2) is 12.8. The summed E-state index contributed by atoms with van der Waals surface area (Å²) in [6.45, 7) is 7.60. The Labute approximate surface area is 206 Å². The average molecular weight is 569 g/mol. The van der Waals surface area contributed by atoms with Gasteiger partial charge in [0.25, 0.3) is 0 Å². The molecule has 0 aromatic heterocycles. The second-order valence-electron chi connectivity index (χ2n) is 8.31. The van der Waals surface area contributed by atoms with Crippen LogP contribution in [0.4, 0.5) is 18.9 Å². The summed E-state index contributed by atoms with van der Waals surface area (Å²) >= 11 is 0. The van der Waals surface area contributed by atoms with Crippen molar-refractivity contribution < 1.29 is 17.9 Å². The predicted molar refractivity (Wildman–Crippen MR) is 133 cm³/mol. The predicted octanol–water partition coefficient (Wildman–Crippen LogP) is 3.38. The van der Waals surface area contributed by atoms with Gasteiger partial charge in [0.2, 0.25) is 0 Å². The summed E-state index contributed by atoms with van der Waals surface area (Å²) in [6.07, 6.45) is -2.21. The molecule has 1 unspecified atom stereocenters. The third-order valence-corrected chi connectivity index (χ3v) is 5.97. The lowest BCUT2D eigenvalue weighted by atomic mass is 10.1. The molecule has 0 saturated carbocycles. The number of benzene rings is 1. The van der Waals surface area contributed by atoms with E-state index in [1.807, 2.05) is 4.90 Å².